The highest BCUT2D eigenvalue weighted by Crippen LogP contribution is 2.11. The molecule has 96 valence electrons. The Hall–Kier alpha value is -1.36. The lowest BCUT2D eigenvalue weighted by Gasteiger charge is -2.20. The molecule has 0 saturated carbocycles. The Kier molecular flexibility index (Phi) is 4.28. The van der Waals surface area contributed by atoms with Gasteiger partial charge < -0.3 is 15.2 Å². The minimum Gasteiger partial charge on any atom is -0.361 e. The van der Waals surface area contributed by atoms with Gasteiger partial charge in [0.05, 0.1) is 12.2 Å². The van der Waals surface area contributed by atoms with E-state index >= 15 is 0 Å². The maximum absolute atomic E-state index is 11.5. The fourth-order valence-electron chi connectivity index (χ4n) is 1.52. The molecule has 17 heavy (non-hydrogen) atoms. The third-order valence-electron chi connectivity index (χ3n) is 2.28. The standard InChI is InChI=1S/C12H21N3O2/c1-8-10(9(2)17-15-8)6-13-7-11(16)14-12(3,4)5/h13H,6-7H2,1-5H3,(H,14,16). The number of amides is 1. The predicted octanol–water partition coefficient (Wildman–Crippen LogP) is 1.30. The van der Waals surface area contributed by atoms with E-state index in [0.717, 1.165) is 17.0 Å². The van der Waals surface area contributed by atoms with Crippen LogP contribution in [0.1, 0.15) is 37.8 Å². The average Bonchev–Trinajstić information content (AvgIpc) is 2.46. The first-order chi connectivity index (χ1) is 7.79. The van der Waals surface area contributed by atoms with Crippen LogP contribution in [0.25, 0.3) is 0 Å². The molecule has 0 aliphatic carbocycles. The van der Waals surface area contributed by atoms with Crippen LogP contribution < -0.4 is 10.6 Å². The van der Waals surface area contributed by atoms with Crippen LogP contribution in [0.15, 0.2) is 4.52 Å². The van der Waals surface area contributed by atoms with Crippen LogP contribution >= 0.6 is 0 Å². The molecule has 1 amide bonds. The Morgan fingerprint density at radius 2 is 2.00 bits per heavy atom. The molecule has 0 unspecified atom stereocenters. The van der Waals surface area contributed by atoms with Crippen molar-refractivity contribution in [3.63, 3.8) is 0 Å². The van der Waals surface area contributed by atoms with E-state index in [1.54, 1.807) is 0 Å². The molecule has 0 bridgehead atoms. The number of nitrogens with one attached hydrogen (secondary N) is 2. The highest BCUT2D eigenvalue weighted by atomic mass is 16.5. The summed E-state index contributed by atoms with van der Waals surface area (Å²) in [6.07, 6.45) is 0. The van der Waals surface area contributed by atoms with Crippen molar-refractivity contribution >= 4 is 5.91 Å². The minimum absolute atomic E-state index is 0.00994. The molecule has 0 fully saturated rings. The first kappa shape index (κ1) is 13.7. The first-order valence-corrected chi connectivity index (χ1v) is 5.73. The molecule has 0 aliphatic rings. The topological polar surface area (TPSA) is 67.2 Å². The molecule has 5 nitrogen and oxygen atoms in total. The summed E-state index contributed by atoms with van der Waals surface area (Å²) in [6.45, 7) is 10.5. The lowest BCUT2D eigenvalue weighted by atomic mass is 10.1. The van der Waals surface area contributed by atoms with Crippen LogP contribution in [-0.2, 0) is 11.3 Å². The second-order valence-corrected chi connectivity index (χ2v) is 5.20. The third-order valence-corrected chi connectivity index (χ3v) is 2.28. The summed E-state index contributed by atoms with van der Waals surface area (Å²) in [5, 5.41) is 9.83. The number of carbonyl (C=O) groups excluding carboxylic acids is 1. The van der Waals surface area contributed by atoms with Crippen molar-refractivity contribution in [2.75, 3.05) is 6.54 Å². The summed E-state index contributed by atoms with van der Waals surface area (Å²) in [7, 11) is 0. The molecule has 1 heterocycles. The molecular formula is C12H21N3O2. The maximum Gasteiger partial charge on any atom is 0.234 e. The Balaban J connectivity index is 2.36. The quantitative estimate of drug-likeness (QED) is 0.831. The first-order valence-electron chi connectivity index (χ1n) is 5.73. The van der Waals surface area contributed by atoms with Crippen LogP contribution in [0, 0.1) is 13.8 Å². The van der Waals surface area contributed by atoms with Gasteiger partial charge in [0.2, 0.25) is 5.91 Å². The molecule has 0 aliphatic heterocycles. The second kappa shape index (κ2) is 5.31. The molecule has 0 saturated heterocycles. The number of carbonyl (C=O) groups is 1. The largest absolute Gasteiger partial charge is 0.361 e. The van der Waals surface area contributed by atoms with Crippen LogP contribution in [0.2, 0.25) is 0 Å². The van der Waals surface area contributed by atoms with E-state index in [2.05, 4.69) is 15.8 Å². The van der Waals surface area contributed by atoms with Crippen molar-refractivity contribution in [3.8, 4) is 0 Å². The van der Waals surface area contributed by atoms with E-state index in [9.17, 15) is 4.79 Å². The van der Waals surface area contributed by atoms with Gasteiger partial charge in [-0.2, -0.15) is 0 Å². The van der Waals surface area contributed by atoms with Gasteiger partial charge in [0.15, 0.2) is 0 Å². The van der Waals surface area contributed by atoms with E-state index < -0.39 is 0 Å². The zero-order valence-electron chi connectivity index (χ0n) is 11.2. The van der Waals surface area contributed by atoms with Gasteiger partial charge in [0.1, 0.15) is 5.76 Å². The van der Waals surface area contributed by atoms with Gasteiger partial charge in [0, 0.05) is 17.6 Å². The number of nitrogens with zero attached hydrogens (tertiary/aromatic N) is 1. The minimum atomic E-state index is -0.193. The van der Waals surface area contributed by atoms with Crippen molar-refractivity contribution in [1.29, 1.82) is 0 Å². The molecule has 2 N–H and O–H groups in total. The zero-order valence-corrected chi connectivity index (χ0v) is 11.2. The van der Waals surface area contributed by atoms with Crippen LogP contribution in [0.3, 0.4) is 0 Å². The number of aryl methyl sites for hydroxylation is 2. The van der Waals surface area contributed by atoms with E-state index in [1.165, 1.54) is 0 Å². The number of hydrogen-bond acceptors (Lipinski definition) is 4. The fourth-order valence-corrected chi connectivity index (χ4v) is 1.52. The second-order valence-electron chi connectivity index (χ2n) is 5.20. The molecule has 0 atom stereocenters. The van der Waals surface area contributed by atoms with Gasteiger partial charge in [-0.15, -0.1) is 0 Å². The number of rotatable bonds is 4. The summed E-state index contributed by atoms with van der Waals surface area (Å²) < 4.78 is 5.04. The van der Waals surface area contributed by atoms with Gasteiger partial charge in [-0.3, -0.25) is 4.79 Å². The molecule has 1 rings (SSSR count). The summed E-state index contributed by atoms with van der Waals surface area (Å²) >= 11 is 0. The zero-order chi connectivity index (χ0) is 13.1. The van der Waals surface area contributed by atoms with Crippen LogP contribution in [0.4, 0.5) is 0 Å². The Morgan fingerprint density at radius 1 is 1.35 bits per heavy atom. The van der Waals surface area contributed by atoms with Crippen molar-refractivity contribution in [2.45, 2.75) is 46.7 Å². The third kappa shape index (κ3) is 4.56. The Morgan fingerprint density at radius 3 is 2.47 bits per heavy atom. The normalized spacial score (nSPS) is 11.6. The molecular weight excluding hydrogens is 218 g/mol. The number of aromatic nitrogens is 1. The van der Waals surface area contributed by atoms with Crippen LogP contribution in [-0.4, -0.2) is 23.1 Å². The van der Waals surface area contributed by atoms with Crippen molar-refractivity contribution in [1.82, 2.24) is 15.8 Å². The summed E-state index contributed by atoms with van der Waals surface area (Å²) in [4.78, 5) is 11.5. The monoisotopic (exact) mass is 239 g/mol. The Bertz CT molecular complexity index is 371. The van der Waals surface area contributed by atoms with Crippen LogP contribution in [0.5, 0.6) is 0 Å². The van der Waals surface area contributed by atoms with E-state index in [4.69, 9.17) is 4.52 Å². The van der Waals surface area contributed by atoms with Gasteiger partial charge in [-0.05, 0) is 34.6 Å². The lowest BCUT2D eigenvalue weighted by molar-refractivity contribution is -0.121. The van der Waals surface area contributed by atoms with Crippen molar-refractivity contribution in [2.24, 2.45) is 0 Å². The number of hydrogen-bond donors (Lipinski definition) is 2. The average molecular weight is 239 g/mol. The molecule has 0 aromatic carbocycles. The highest BCUT2D eigenvalue weighted by molar-refractivity contribution is 5.78. The van der Waals surface area contributed by atoms with Crippen molar-refractivity contribution in [3.05, 3.63) is 17.0 Å². The highest BCUT2D eigenvalue weighted by Gasteiger charge is 2.14. The SMILES string of the molecule is Cc1noc(C)c1CNCC(=O)NC(C)(C)C. The molecule has 1 aromatic rings. The fraction of sp³-hybridized carbons (Fsp3) is 0.667. The molecule has 5 heteroatoms. The summed E-state index contributed by atoms with van der Waals surface area (Å²) in [5.41, 5.74) is 1.70. The molecule has 0 radical (unpaired) electrons. The molecule has 0 spiro atoms. The lowest BCUT2D eigenvalue weighted by Crippen LogP contribution is -2.44. The van der Waals surface area contributed by atoms with Gasteiger partial charge in [0.25, 0.3) is 0 Å². The van der Waals surface area contributed by atoms with Gasteiger partial charge in [-0.25, -0.2) is 0 Å². The smallest absolute Gasteiger partial charge is 0.234 e. The summed E-state index contributed by atoms with van der Waals surface area (Å²) in [6, 6.07) is 0. The maximum atomic E-state index is 11.5. The van der Waals surface area contributed by atoms with Crippen molar-refractivity contribution < 1.29 is 9.32 Å². The van der Waals surface area contributed by atoms with E-state index in [1.807, 2.05) is 34.6 Å². The van der Waals surface area contributed by atoms with Gasteiger partial charge >= 0.3 is 0 Å². The molecule has 1 aromatic heterocycles. The van der Waals surface area contributed by atoms with E-state index in [0.29, 0.717) is 13.1 Å². The predicted molar refractivity (Wildman–Crippen MR) is 65.6 cm³/mol. The Labute approximate surface area is 102 Å². The van der Waals surface area contributed by atoms with E-state index in [-0.39, 0.29) is 11.4 Å². The summed E-state index contributed by atoms with van der Waals surface area (Å²) in [5.74, 6) is 0.787. The van der Waals surface area contributed by atoms with Gasteiger partial charge in [-0.1, -0.05) is 5.16 Å².